The number of ether oxygens (including phenoxy) is 1. The monoisotopic (exact) mass is 360 g/mol. The van der Waals surface area contributed by atoms with Gasteiger partial charge in [-0.2, -0.15) is 11.8 Å². The average Bonchev–Trinajstić information content (AvgIpc) is 3.01. The first-order chi connectivity index (χ1) is 11.5. The maximum Gasteiger partial charge on any atom is 0.206 e. The maximum atomic E-state index is 13.2. The molecule has 0 spiro atoms. The lowest BCUT2D eigenvalue weighted by Crippen LogP contribution is -2.11. The van der Waals surface area contributed by atoms with Crippen LogP contribution in [0.4, 0.5) is 0 Å². The third-order valence-corrected chi connectivity index (χ3v) is 6.79. The van der Waals surface area contributed by atoms with E-state index in [1.807, 2.05) is 55.6 Å². The van der Waals surface area contributed by atoms with E-state index in [1.54, 1.807) is 23.9 Å². The minimum Gasteiger partial charge on any atom is -0.488 e. The van der Waals surface area contributed by atoms with Crippen LogP contribution in [0.1, 0.15) is 17.5 Å². The number of benzene rings is 2. The van der Waals surface area contributed by atoms with Crippen LogP contribution < -0.4 is 0 Å². The van der Waals surface area contributed by atoms with Crippen molar-refractivity contribution >= 4 is 27.4 Å². The normalized spacial score (nSPS) is 17.8. The quantitative estimate of drug-likeness (QED) is 0.798. The van der Waals surface area contributed by atoms with E-state index in [9.17, 15) is 8.42 Å². The lowest BCUT2D eigenvalue weighted by atomic mass is 10.2. The molecule has 1 unspecified atom stereocenters. The molecule has 0 saturated carbocycles. The Bertz CT molecular complexity index is 855. The molecule has 0 bridgehead atoms. The predicted molar refractivity (Wildman–Crippen MR) is 99.6 cm³/mol. The Kier molecular flexibility index (Phi) is 5.01. The third-order valence-electron chi connectivity index (χ3n) is 4.05. The second kappa shape index (κ2) is 7.03. The smallest absolute Gasteiger partial charge is 0.206 e. The first-order valence-electron chi connectivity index (χ1n) is 7.79. The zero-order valence-electron chi connectivity index (χ0n) is 13.7. The van der Waals surface area contributed by atoms with Crippen LogP contribution in [0.25, 0.3) is 5.76 Å². The number of thioether (sulfide) groups is 1. The first kappa shape index (κ1) is 17.1. The van der Waals surface area contributed by atoms with Crippen molar-refractivity contribution in [3.8, 4) is 0 Å². The lowest BCUT2D eigenvalue weighted by molar-refractivity contribution is 0.215. The molecule has 126 valence electrons. The van der Waals surface area contributed by atoms with Crippen molar-refractivity contribution in [2.45, 2.75) is 24.3 Å². The summed E-state index contributed by atoms with van der Waals surface area (Å²) < 4.78 is 32.5. The van der Waals surface area contributed by atoms with Crippen LogP contribution in [-0.4, -0.2) is 26.5 Å². The molecule has 3 rings (SSSR count). The van der Waals surface area contributed by atoms with Gasteiger partial charge in [0.25, 0.3) is 0 Å². The van der Waals surface area contributed by atoms with Crippen LogP contribution in [0, 0.1) is 6.92 Å². The molecular weight excluding hydrogens is 340 g/mol. The Morgan fingerprint density at radius 3 is 2.42 bits per heavy atom. The molecule has 0 aliphatic carbocycles. The molecule has 0 radical (unpaired) electrons. The van der Waals surface area contributed by atoms with Gasteiger partial charge in [-0.3, -0.25) is 0 Å². The maximum absolute atomic E-state index is 13.2. The molecule has 0 aromatic heterocycles. The minimum atomic E-state index is -3.57. The van der Waals surface area contributed by atoms with Gasteiger partial charge >= 0.3 is 0 Å². The highest BCUT2D eigenvalue weighted by molar-refractivity contribution is 7.98. The molecule has 1 aliphatic heterocycles. The van der Waals surface area contributed by atoms with Crippen LogP contribution >= 0.6 is 11.8 Å². The number of hydrogen-bond donors (Lipinski definition) is 0. The van der Waals surface area contributed by atoms with Gasteiger partial charge in [0.05, 0.1) is 9.80 Å². The molecule has 2 aromatic carbocycles. The van der Waals surface area contributed by atoms with Crippen molar-refractivity contribution in [3.63, 3.8) is 0 Å². The van der Waals surface area contributed by atoms with Gasteiger partial charge in [-0.05, 0) is 24.8 Å². The fourth-order valence-electron chi connectivity index (χ4n) is 2.89. The summed E-state index contributed by atoms with van der Waals surface area (Å²) in [5.74, 6) is 1.27. The van der Waals surface area contributed by atoms with Crippen LogP contribution in [0.2, 0.25) is 0 Å². The van der Waals surface area contributed by atoms with E-state index in [2.05, 4.69) is 0 Å². The van der Waals surface area contributed by atoms with Gasteiger partial charge in [-0.25, -0.2) is 8.42 Å². The molecule has 1 aliphatic rings. The molecule has 1 atom stereocenters. The zero-order valence-corrected chi connectivity index (χ0v) is 15.4. The lowest BCUT2D eigenvalue weighted by Gasteiger charge is -2.11. The van der Waals surface area contributed by atoms with E-state index < -0.39 is 9.84 Å². The molecule has 0 fully saturated rings. The van der Waals surface area contributed by atoms with Crippen LogP contribution in [0.3, 0.4) is 0 Å². The molecule has 5 heteroatoms. The van der Waals surface area contributed by atoms with Crippen molar-refractivity contribution in [3.05, 3.63) is 70.6 Å². The summed E-state index contributed by atoms with van der Waals surface area (Å²) in [7, 11) is -3.57. The van der Waals surface area contributed by atoms with Gasteiger partial charge in [0, 0.05) is 17.7 Å². The molecule has 1 heterocycles. The van der Waals surface area contributed by atoms with Gasteiger partial charge in [0.15, 0.2) is 0 Å². The van der Waals surface area contributed by atoms with Crippen molar-refractivity contribution in [2.24, 2.45) is 0 Å². The van der Waals surface area contributed by atoms with E-state index in [0.717, 1.165) is 16.9 Å². The summed E-state index contributed by atoms with van der Waals surface area (Å²) in [5, 5.41) is 0. The Balaban J connectivity index is 2.12. The fourth-order valence-corrected chi connectivity index (χ4v) is 5.28. The van der Waals surface area contributed by atoms with Crippen molar-refractivity contribution in [1.82, 2.24) is 0 Å². The summed E-state index contributed by atoms with van der Waals surface area (Å²) >= 11 is 1.66. The second-order valence-electron chi connectivity index (χ2n) is 5.79. The summed E-state index contributed by atoms with van der Waals surface area (Å²) in [6.07, 6.45) is 2.31. The van der Waals surface area contributed by atoms with Crippen LogP contribution in [-0.2, 0) is 14.6 Å². The van der Waals surface area contributed by atoms with E-state index >= 15 is 0 Å². The summed E-state index contributed by atoms with van der Waals surface area (Å²) in [6, 6.07) is 16.6. The van der Waals surface area contributed by atoms with E-state index in [-0.39, 0.29) is 6.10 Å². The SMILES string of the molecule is CSCC1CC(S(=O)(=O)c2ccccc2C)=C(c2ccccc2)O1. The van der Waals surface area contributed by atoms with E-state index in [1.165, 1.54) is 0 Å². The molecule has 0 saturated heterocycles. The third kappa shape index (κ3) is 3.23. The van der Waals surface area contributed by atoms with Gasteiger partial charge in [0.2, 0.25) is 9.84 Å². The summed E-state index contributed by atoms with van der Waals surface area (Å²) in [5.41, 5.74) is 1.57. The van der Waals surface area contributed by atoms with Crippen molar-refractivity contribution < 1.29 is 13.2 Å². The molecular formula is C19H20O3S2. The topological polar surface area (TPSA) is 43.4 Å². The number of hydrogen-bond acceptors (Lipinski definition) is 4. The van der Waals surface area contributed by atoms with Crippen molar-refractivity contribution in [2.75, 3.05) is 12.0 Å². The van der Waals surface area contributed by atoms with Crippen LogP contribution in [0.15, 0.2) is 64.4 Å². The second-order valence-corrected chi connectivity index (χ2v) is 8.64. The fraction of sp³-hybridized carbons (Fsp3) is 0.263. The molecule has 2 aromatic rings. The summed E-state index contributed by atoms with van der Waals surface area (Å²) in [4.78, 5) is 0.754. The highest BCUT2D eigenvalue weighted by Crippen LogP contribution is 2.39. The van der Waals surface area contributed by atoms with Gasteiger partial charge in [0.1, 0.15) is 11.9 Å². The zero-order chi connectivity index (χ0) is 17.2. The predicted octanol–water partition coefficient (Wildman–Crippen LogP) is 4.29. The molecule has 3 nitrogen and oxygen atoms in total. The highest BCUT2D eigenvalue weighted by Gasteiger charge is 2.35. The van der Waals surface area contributed by atoms with Crippen molar-refractivity contribution in [1.29, 1.82) is 0 Å². The molecule has 0 amide bonds. The van der Waals surface area contributed by atoms with E-state index in [4.69, 9.17) is 4.74 Å². The Morgan fingerprint density at radius 1 is 1.08 bits per heavy atom. The van der Waals surface area contributed by atoms with E-state index in [0.29, 0.717) is 22.0 Å². The Hall–Kier alpha value is -1.72. The Labute approximate surface area is 147 Å². The minimum absolute atomic E-state index is 0.107. The first-order valence-corrected chi connectivity index (χ1v) is 10.7. The standard InChI is InChI=1S/C19H20O3S2/c1-14-8-6-7-11-17(14)24(20,21)18-12-16(13-23-2)22-19(18)15-9-4-3-5-10-15/h3-11,16H,12-13H2,1-2H3. The molecule has 24 heavy (non-hydrogen) atoms. The number of rotatable bonds is 5. The average molecular weight is 361 g/mol. The van der Waals surface area contributed by atoms with Crippen LogP contribution in [0.5, 0.6) is 0 Å². The largest absolute Gasteiger partial charge is 0.488 e. The Morgan fingerprint density at radius 2 is 1.75 bits per heavy atom. The highest BCUT2D eigenvalue weighted by atomic mass is 32.2. The van der Waals surface area contributed by atoms with Gasteiger partial charge in [-0.1, -0.05) is 48.5 Å². The van der Waals surface area contributed by atoms with Gasteiger partial charge in [-0.15, -0.1) is 0 Å². The summed E-state index contributed by atoms with van der Waals surface area (Å²) in [6.45, 7) is 1.82. The number of sulfone groups is 1. The molecule has 0 N–H and O–H groups in total. The van der Waals surface area contributed by atoms with Gasteiger partial charge < -0.3 is 4.74 Å². The number of aryl methyl sites for hydroxylation is 1.